The Hall–Kier alpha value is -1.26. The maximum absolute atomic E-state index is 11.0. The number of halogens is 1. The van der Waals surface area contributed by atoms with Crippen molar-refractivity contribution in [3.63, 3.8) is 0 Å². The molecule has 1 saturated heterocycles. The minimum atomic E-state index is -0.167. The first-order valence-electron chi connectivity index (χ1n) is 5.46. The third kappa shape index (κ3) is 3.61. The predicted molar refractivity (Wildman–Crippen MR) is 67.7 cm³/mol. The molecule has 1 atom stereocenters. The Morgan fingerprint density at radius 2 is 2.12 bits per heavy atom. The molecule has 1 amide bonds. The Bertz CT molecular complexity index is 377. The van der Waals surface area contributed by atoms with Gasteiger partial charge in [-0.25, -0.2) is 5.43 Å². The zero-order valence-electron chi connectivity index (χ0n) is 9.96. The number of aromatic hydroxyl groups is 1. The topological polar surface area (TPSA) is 61.4 Å². The first kappa shape index (κ1) is 13.8. The molecule has 0 bridgehead atoms. The highest BCUT2D eigenvalue weighted by Gasteiger charge is 2.35. The van der Waals surface area contributed by atoms with Crippen LogP contribution in [0.3, 0.4) is 0 Å². The van der Waals surface area contributed by atoms with E-state index in [2.05, 4.69) is 10.9 Å². The molecular weight excluding hydrogens is 240 g/mol. The van der Waals surface area contributed by atoms with Crippen LogP contribution in [0.15, 0.2) is 24.3 Å². The zero-order valence-corrected chi connectivity index (χ0v) is 10.7. The van der Waals surface area contributed by atoms with Crippen molar-refractivity contribution in [3.8, 4) is 5.75 Å². The molecule has 0 spiro atoms. The second-order valence-electron chi connectivity index (χ2n) is 4.17. The van der Waals surface area contributed by atoms with Crippen molar-refractivity contribution in [2.75, 3.05) is 6.54 Å². The fourth-order valence-corrected chi connectivity index (χ4v) is 1.42. The Morgan fingerprint density at radius 3 is 2.41 bits per heavy atom. The van der Waals surface area contributed by atoms with E-state index in [9.17, 15) is 4.79 Å². The van der Waals surface area contributed by atoms with Crippen molar-refractivity contribution < 1.29 is 9.90 Å². The molecular formula is C12H17ClN2O2. The molecule has 1 heterocycles. The molecule has 3 N–H and O–H groups in total. The van der Waals surface area contributed by atoms with Crippen LogP contribution in [0.2, 0.25) is 5.02 Å². The number of benzene rings is 1. The van der Waals surface area contributed by atoms with Crippen LogP contribution in [0.1, 0.15) is 20.3 Å². The molecule has 0 radical (unpaired) electrons. The predicted octanol–water partition coefficient (Wildman–Crippen LogP) is 2.08. The van der Waals surface area contributed by atoms with E-state index in [1.165, 1.54) is 0 Å². The average molecular weight is 257 g/mol. The zero-order chi connectivity index (χ0) is 12.9. The molecule has 17 heavy (non-hydrogen) atoms. The van der Waals surface area contributed by atoms with Crippen LogP contribution in [-0.2, 0) is 4.79 Å². The fourth-order valence-electron chi connectivity index (χ4n) is 1.29. The summed E-state index contributed by atoms with van der Waals surface area (Å²) in [6.07, 6.45) is 0.895. The average Bonchev–Trinajstić information content (AvgIpc) is 2.65. The standard InChI is InChI=1S/C6H5ClO.C6H12N2O/c7-5-3-1-2-4-6(5)8;1-3-6(2)4-7-8-5(6)9/h1-4,8H;7H,3-4H2,1-2H3,(H,8,9). The summed E-state index contributed by atoms with van der Waals surface area (Å²) in [6.45, 7) is 4.73. The minimum absolute atomic E-state index is 0.116. The van der Waals surface area contributed by atoms with E-state index < -0.39 is 0 Å². The summed E-state index contributed by atoms with van der Waals surface area (Å²) in [5.74, 6) is 0.249. The molecule has 5 heteroatoms. The van der Waals surface area contributed by atoms with Crippen molar-refractivity contribution in [1.82, 2.24) is 10.9 Å². The summed E-state index contributed by atoms with van der Waals surface area (Å²) in [5, 5.41) is 9.18. The summed E-state index contributed by atoms with van der Waals surface area (Å²) in [4.78, 5) is 11.0. The number of hydrogen-bond donors (Lipinski definition) is 3. The molecule has 1 aromatic carbocycles. The number of hydrazine groups is 1. The molecule has 1 aliphatic rings. The summed E-state index contributed by atoms with van der Waals surface area (Å²) >= 11 is 5.46. The van der Waals surface area contributed by atoms with Crippen LogP contribution in [0.5, 0.6) is 5.75 Å². The first-order valence-corrected chi connectivity index (χ1v) is 5.84. The van der Waals surface area contributed by atoms with Gasteiger partial charge >= 0.3 is 0 Å². The lowest BCUT2D eigenvalue weighted by Gasteiger charge is -2.14. The van der Waals surface area contributed by atoms with Crippen molar-refractivity contribution in [2.45, 2.75) is 20.3 Å². The number of para-hydroxylation sites is 1. The van der Waals surface area contributed by atoms with E-state index in [1.807, 2.05) is 13.8 Å². The largest absolute Gasteiger partial charge is 0.506 e. The summed E-state index contributed by atoms with van der Waals surface area (Å²) in [6, 6.07) is 6.67. The van der Waals surface area contributed by atoms with Gasteiger partial charge in [0.1, 0.15) is 5.75 Å². The van der Waals surface area contributed by atoms with Crippen LogP contribution < -0.4 is 10.9 Å². The van der Waals surface area contributed by atoms with E-state index in [1.54, 1.807) is 24.3 Å². The van der Waals surface area contributed by atoms with E-state index in [0.29, 0.717) is 5.02 Å². The Kier molecular flexibility index (Phi) is 4.78. The lowest BCUT2D eigenvalue weighted by Crippen LogP contribution is -2.29. The summed E-state index contributed by atoms with van der Waals surface area (Å²) < 4.78 is 0. The number of phenolic OH excluding ortho intramolecular Hbond substituents is 1. The van der Waals surface area contributed by atoms with Gasteiger partial charge in [-0.2, -0.15) is 0 Å². The van der Waals surface area contributed by atoms with Crippen LogP contribution in [0.25, 0.3) is 0 Å². The SMILES string of the molecule is CCC1(C)CNNC1=O.Oc1ccccc1Cl. The molecule has 1 unspecified atom stereocenters. The molecule has 1 aliphatic heterocycles. The van der Waals surface area contributed by atoms with Crippen LogP contribution >= 0.6 is 11.6 Å². The lowest BCUT2D eigenvalue weighted by atomic mass is 9.88. The fraction of sp³-hybridized carbons (Fsp3) is 0.417. The molecule has 1 aromatic rings. The van der Waals surface area contributed by atoms with Gasteiger partial charge in [0.2, 0.25) is 5.91 Å². The highest BCUT2D eigenvalue weighted by atomic mass is 35.5. The normalized spacial score (nSPS) is 22.6. The van der Waals surface area contributed by atoms with Crippen LogP contribution in [-0.4, -0.2) is 17.6 Å². The molecule has 4 nitrogen and oxygen atoms in total. The quantitative estimate of drug-likeness (QED) is 0.721. The Morgan fingerprint density at radius 1 is 1.47 bits per heavy atom. The number of phenols is 1. The molecule has 1 fully saturated rings. The van der Waals surface area contributed by atoms with Gasteiger partial charge in [0.15, 0.2) is 0 Å². The first-order chi connectivity index (χ1) is 7.99. The van der Waals surface area contributed by atoms with E-state index in [4.69, 9.17) is 16.7 Å². The van der Waals surface area contributed by atoms with Gasteiger partial charge in [0.25, 0.3) is 0 Å². The van der Waals surface area contributed by atoms with Crippen molar-refractivity contribution in [2.24, 2.45) is 5.41 Å². The lowest BCUT2D eigenvalue weighted by molar-refractivity contribution is -0.126. The second kappa shape index (κ2) is 5.89. The van der Waals surface area contributed by atoms with Crippen LogP contribution in [0, 0.1) is 5.41 Å². The van der Waals surface area contributed by atoms with Crippen LogP contribution in [0.4, 0.5) is 0 Å². The number of amides is 1. The molecule has 94 valence electrons. The minimum Gasteiger partial charge on any atom is -0.506 e. The third-order valence-corrected chi connectivity index (χ3v) is 3.18. The highest BCUT2D eigenvalue weighted by molar-refractivity contribution is 6.31. The summed E-state index contributed by atoms with van der Waals surface area (Å²) in [5.41, 5.74) is 5.22. The van der Waals surface area contributed by atoms with Gasteiger partial charge in [-0.05, 0) is 25.5 Å². The summed E-state index contributed by atoms with van der Waals surface area (Å²) in [7, 11) is 0. The Labute approximate surface area is 106 Å². The van der Waals surface area contributed by atoms with Gasteiger partial charge in [0.05, 0.1) is 10.4 Å². The van der Waals surface area contributed by atoms with Gasteiger partial charge in [-0.3, -0.25) is 10.2 Å². The van der Waals surface area contributed by atoms with Gasteiger partial charge < -0.3 is 5.11 Å². The van der Waals surface area contributed by atoms with Crippen molar-refractivity contribution in [3.05, 3.63) is 29.3 Å². The highest BCUT2D eigenvalue weighted by Crippen LogP contribution is 2.22. The van der Waals surface area contributed by atoms with Gasteiger partial charge in [-0.15, -0.1) is 0 Å². The molecule has 2 rings (SSSR count). The van der Waals surface area contributed by atoms with Crippen molar-refractivity contribution in [1.29, 1.82) is 0 Å². The number of nitrogens with one attached hydrogen (secondary N) is 2. The van der Waals surface area contributed by atoms with E-state index >= 15 is 0 Å². The smallest absolute Gasteiger partial charge is 0.241 e. The second-order valence-corrected chi connectivity index (χ2v) is 4.58. The maximum atomic E-state index is 11.0. The molecule has 0 aromatic heterocycles. The van der Waals surface area contributed by atoms with E-state index in [-0.39, 0.29) is 17.1 Å². The number of hydrogen-bond acceptors (Lipinski definition) is 3. The molecule has 0 saturated carbocycles. The van der Waals surface area contributed by atoms with Gasteiger partial charge in [0, 0.05) is 6.54 Å². The third-order valence-electron chi connectivity index (χ3n) is 2.86. The molecule has 0 aliphatic carbocycles. The number of carbonyl (C=O) groups is 1. The van der Waals surface area contributed by atoms with Gasteiger partial charge in [-0.1, -0.05) is 30.7 Å². The van der Waals surface area contributed by atoms with E-state index in [0.717, 1.165) is 13.0 Å². The number of rotatable bonds is 1. The monoisotopic (exact) mass is 256 g/mol. The maximum Gasteiger partial charge on any atom is 0.241 e. The Balaban J connectivity index is 0.000000171. The van der Waals surface area contributed by atoms with Crippen molar-refractivity contribution >= 4 is 17.5 Å². The number of carbonyl (C=O) groups excluding carboxylic acids is 1.